The maximum absolute atomic E-state index is 12.3. The maximum Gasteiger partial charge on any atom is 0.318 e. The van der Waals surface area contributed by atoms with Gasteiger partial charge in [-0.25, -0.2) is 4.79 Å². The van der Waals surface area contributed by atoms with Crippen LogP contribution in [0.25, 0.3) is 0 Å². The molecule has 2 rings (SSSR count). The van der Waals surface area contributed by atoms with Crippen molar-refractivity contribution in [1.82, 2.24) is 10.2 Å². The molecule has 116 valence electrons. The van der Waals surface area contributed by atoms with Crippen molar-refractivity contribution < 1.29 is 14.3 Å². The molecule has 0 atom stereocenters. The number of carbonyl (C=O) groups excluding carboxylic acids is 1. The second-order valence-corrected chi connectivity index (χ2v) is 6.33. The van der Waals surface area contributed by atoms with Crippen LogP contribution < -0.4 is 14.8 Å². The van der Waals surface area contributed by atoms with Gasteiger partial charge in [-0.2, -0.15) is 0 Å². The van der Waals surface area contributed by atoms with Crippen molar-refractivity contribution in [3.8, 4) is 11.5 Å². The van der Waals surface area contributed by atoms with E-state index in [2.05, 4.69) is 5.32 Å². The Bertz CT molecular complexity index is 535. The van der Waals surface area contributed by atoms with Gasteiger partial charge < -0.3 is 19.7 Å². The molecule has 1 aliphatic heterocycles. The van der Waals surface area contributed by atoms with Crippen LogP contribution in [0, 0.1) is 0 Å². The average molecular weight is 292 g/mol. The zero-order valence-corrected chi connectivity index (χ0v) is 13.4. The van der Waals surface area contributed by atoms with E-state index in [1.54, 1.807) is 14.2 Å². The summed E-state index contributed by atoms with van der Waals surface area (Å²) in [5.41, 5.74) is 2.10. The first-order valence-electron chi connectivity index (χ1n) is 7.15. The van der Waals surface area contributed by atoms with E-state index in [-0.39, 0.29) is 11.6 Å². The highest BCUT2D eigenvalue weighted by Crippen LogP contribution is 2.33. The van der Waals surface area contributed by atoms with Crippen molar-refractivity contribution in [2.75, 3.05) is 20.8 Å². The van der Waals surface area contributed by atoms with Gasteiger partial charge in [0.05, 0.1) is 14.2 Å². The Kier molecular flexibility index (Phi) is 4.30. The first kappa shape index (κ1) is 15.5. The minimum atomic E-state index is -0.227. The van der Waals surface area contributed by atoms with Crippen LogP contribution in [0.15, 0.2) is 12.1 Å². The molecule has 0 unspecified atom stereocenters. The van der Waals surface area contributed by atoms with Crippen molar-refractivity contribution >= 4 is 6.03 Å². The first-order valence-corrected chi connectivity index (χ1v) is 7.15. The number of fused-ring (bicyclic) bond motifs is 1. The minimum Gasteiger partial charge on any atom is -0.493 e. The average Bonchev–Trinajstić information content (AvgIpc) is 2.43. The minimum absolute atomic E-state index is 0.0251. The van der Waals surface area contributed by atoms with E-state index in [9.17, 15) is 4.79 Å². The number of amides is 2. The Labute approximate surface area is 126 Å². The van der Waals surface area contributed by atoms with Gasteiger partial charge in [0.25, 0.3) is 0 Å². The molecule has 0 saturated carbocycles. The van der Waals surface area contributed by atoms with Crippen LogP contribution in [-0.2, 0) is 13.0 Å². The number of hydrogen-bond donors (Lipinski definition) is 1. The number of carbonyl (C=O) groups is 1. The molecular weight excluding hydrogens is 268 g/mol. The van der Waals surface area contributed by atoms with E-state index in [0.717, 1.165) is 17.7 Å². The maximum atomic E-state index is 12.3. The summed E-state index contributed by atoms with van der Waals surface area (Å²) in [6, 6.07) is 3.95. The number of nitrogens with one attached hydrogen (secondary N) is 1. The number of urea groups is 1. The van der Waals surface area contributed by atoms with Crippen LogP contribution in [0.3, 0.4) is 0 Å². The molecule has 1 N–H and O–H groups in total. The summed E-state index contributed by atoms with van der Waals surface area (Å²) in [5, 5.41) is 3.00. The van der Waals surface area contributed by atoms with Gasteiger partial charge in [-0.1, -0.05) is 0 Å². The number of hydrogen-bond acceptors (Lipinski definition) is 3. The van der Waals surface area contributed by atoms with Crippen LogP contribution in [0.4, 0.5) is 4.79 Å². The van der Waals surface area contributed by atoms with Gasteiger partial charge in [0.2, 0.25) is 0 Å². The van der Waals surface area contributed by atoms with Crippen LogP contribution in [0.2, 0.25) is 0 Å². The van der Waals surface area contributed by atoms with E-state index in [0.29, 0.717) is 18.8 Å². The number of benzene rings is 1. The van der Waals surface area contributed by atoms with E-state index < -0.39 is 0 Å². The van der Waals surface area contributed by atoms with Crippen molar-refractivity contribution in [2.45, 2.75) is 39.3 Å². The summed E-state index contributed by atoms with van der Waals surface area (Å²) in [6.07, 6.45) is 0.827. The van der Waals surface area contributed by atoms with E-state index in [1.807, 2.05) is 37.8 Å². The lowest BCUT2D eigenvalue weighted by Crippen LogP contribution is -2.49. The van der Waals surface area contributed by atoms with Gasteiger partial charge >= 0.3 is 6.03 Å². The second kappa shape index (κ2) is 5.84. The molecule has 2 amide bonds. The lowest BCUT2D eigenvalue weighted by Gasteiger charge is -2.32. The Morgan fingerprint density at radius 2 is 1.71 bits per heavy atom. The van der Waals surface area contributed by atoms with E-state index >= 15 is 0 Å². The fraction of sp³-hybridized carbons (Fsp3) is 0.562. The van der Waals surface area contributed by atoms with Gasteiger partial charge in [-0.15, -0.1) is 0 Å². The molecule has 1 heterocycles. The van der Waals surface area contributed by atoms with E-state index in [4.69, 9.17) is 9.47 Å². The normalized spacial score (nSPS) is 14.4. The second-order valence-electron chi connectivity index (χ2n) is 6.33. The van der Waals surface area contributed by atoms with Crippen LogP contribution in [0.5, 0.6) is 11.5 Å². The van der Waals surface area contributed by atoms with Crippen molar-refractivity contribution in [1.29, 1.82) is 0 Å². The highest BCUT2D eigenvalue weighted by Gasteiger charge is 2.25. The monoisotopic (exact) mass is 292 g/mol. The quantitative estimate of drug-likeness (QED) is 0.911. The van der Waals surface area contributed by atoms with Crippen molar-refractivity contribution in [3.05, 3.63) is 23.3 Å². The molecule has 5 nitrogen and oxygen atoms in total. The predicted molar refractivity (Wildman–Crippen MR) is 81.9 cm³/mol. The largest absolute Gasteiger partial charge is 0.493 e. The van der Waals surface area contributed by atoms with Crippen LogP contribution in [-0.4, -0.2) is 37.2 Å². The smallest absolute Gasteiger partial charge is 0.318 e. The first-order chi connectivity index (χ1) is 9.84. The van der Waals surface area contributed by atoms with Gasteiger partial charge in [-0.05, 0) is 50.5 Å². The molecular formula is C16H24N2O3. The summed E-state index contributed by atoms with van der Waals surface area (Å²) in [7, 11) is 3.26. The molecule has 0 radical (unpaired) electrons. The Hall–Kier alpha value is -1.91. The fourth-order valence-electron chi connectivity index (χ4n) is 2.46. The highest BCUT2D eigenvalue weighted by molar-refractivity contribution is 5.75. The van der Waals surface area contributed by atoms with Crippen molar-refractivity contribution in [3.63, 3.8) is 0 Å². The molecule has 21 heavy (non-hydrogen) atoms. The molecule has 0 bridgehead atoms. The summed E-state index contributed by atoms with van der Waals surface area (Å²) in [6.45, 7) is 7.26. The van der Waals surface area contributed by atoms with Gasteiger partial charge in [0.1, 0.15) is 0 Å². The molecule has 0 aromatic heterocycles. The Morgan fingerprint density at radius 1 is 1.14 bits per heavy atom. The molecule has 0 saturated heterocycles. The standard InChI is InChI=1S/C16H24N2O3/c1-16(2,3)17-15(19)18-7-6-11-8-13(20-4)14(21-5)9-12(11)10-18/h8-9H,6-7,10H2,1-5H3,(H,17,19). The predicted octanol–water partition coefficient (Wildman–Crippen LogP) is 2.57. The summed E-state index contributed by atoms with van der Waals surface area (Å²) in [4.78, 5) is 14.1. The zero-order valence-electron chi connectivity index (χ0n) is 13.4. The summed E-state index contributed by atoms with van der Waals surface area (Å²) < 4.78 is 10.7. The lowest BCUT2D eigenvalue weighted by molar-refractivity contribution is 0.183. The molecule has 1 aliphatic rings. The molecule has 1 aromatic rings. The lowest BCUT2D eigenvalue weighted by atomic mass is 9.99. The van der Waals surface area contributed by atoms with Gasteiger partial charge in [0, 0.05) is 18.6 Å². The summed E-state index contributed by atoms with van der Waals surface area (Å²) >= 11 is 0. The van der Waals surface area contributed by atoms with Gasteiger partial charge in [0.15, 0.2) is 11.5 Å². The van der Waals surface area contributed by atoms with Crippen LogP contribution >= 0.6 is 0 Å². The topological polar surface area (TPSA) is 50.8 Å². The Balaban J connectivity index is 2.18. The molecule has 0 fully saturated rings. The molecule has 1 aromatic carbocycles. The number of methoxy groups -OCH3 is 2. The molecule has 0 spiro atoms. The third-order valence-electron chi connectivity index (χ3n) is 3.49. The third-order valence-corrected chi connectivity index (χ3v) is 3.49. The molecule has 0 aliphatic carbocycles. The SMILES string of the molecule is COc1cc2c(cc1OC)CN(C(=O)NC(C)(C)C)CC2. The van der Waals surface area contributed by atoms with Crippen LogP contribution in [0.1, 0.15) is 31.9 Å². The highest BCUT2D eigenvalue weighted by atomic mass is 16.5. The summed E-state index contributed by atoms with van der Waals surface area (Å²) in [5.74, 6) is 1.44. The number of ether oxygens (including phenoxy) is 2. The number of rotatable bonds is 2. The molecule has 5 heteroatoms. The third kappa shape index (κ3) is 3.60. The Morgan fingerprint density at radius 3 is 2.24 bits per heavy atom. The fourth-order valence-corrected chi connectivity index (χ4v) is 2.46. The zero-order chi connectivity index (χ0) is 15.6. The van der Waals surface area contributed by atoms with Crippen molar-refractivity contribution in [2.24, 2.45) is 0 Å². The van der Waals surface area contributed by atoms with Gasteiger partial charge in [-0.3, -0.25) is 0 Å². The number of nitrogens with zero attached hydrogens (tertiary/aromatic N) is 1. The van der Waals surface area contributed by atoms with E-state index in [1.165, 1.54) is 5.56 Å².